The molecule has 0 spiro atoms. The lowest BCUT2D eigenvalue weighted by molar-refractivity contribution is 1.35. The van der Waals surface area contributed by atoms with Gasteiger partial charge >= 0.3 is 0 Å². The third kappa shape index (κ3) is 3.65. The predicted octanol–water partition coefficient (Wildman–Crippen LogP) is 5.25. The first kappa shape index (κ1) is 12.2. The summed E-state index contributed by atoms with van der Waals surface area (Å²) in [6.45, 7) is 2.14. The number of thioether (sulfide) groups is 1. The highest BCUT2D eigenvalue weighted by Gasteiger charge is 1.99. The van der Waals surface area contributed by atoms with Gasteiger partial charge in [0.25, 0.3) is 0 Å². The molecule has 1 aromatic carbocycles. The predicted molar refractivity (Wildman–Crippen MR) is 78.2 cm³/mol. The van der Waals surface area contributed by atoms with Crippen LogP contribution in [0.3, 0.4) is 0 Å². The van der Waals surface area contributed by atoms with Crippen molar-refractivity contribution in [1.82, 2.24) is 0 Å². The fourth-order valence-corrected chi connectivity index (χ4v) is 4.08. The van der Waals surface area contributed by atoms with Crippen LogP contribution in [0, 0.1) is 6.92 Å². The van der Waals surface area contributed by atoms with E-state index in [1.807, 2.05) is 23.1 Å². The summed E-state index contributed by atoms with van der Waals surface area (Å²) in [4.78, 5) is 1.43. The second-order valence-corrected chi connectivity index (χ2v) is 7.22. The second kappa shape index (κ2) is 5.89. The number of hydrogen-bond acceptors (Lipinski definition) is 2. The van der Waals surface area contributed by atoms with E-state index in [0.717, 1.165) is 11.5 Å². The molecular formula is C13H13BrS2. The maximum Gasteiger partial charge on any atom is 0.0701 e. The van der Waals surface area contributed by atoms with Crippen molar-refractivity contribution >= 4 is 39.0 Å². The minimum atomic E-state index is 1.09. The molecule has 2 aromatic rings. The van der Waals surface area contributed by atoms with Gasteiger partial charge < -0.3 is 0 Å². The molecule has 0 aliphatic carbocycles. The summed E-state index contributed by atoms with van der Waals surface area (Å²) < 4.78 is 1.22. The molecule has 0 saturated carbocycles. The van der Waals surface area contributed by atoms with E-state index in [0.29, 0.717) is 0 Å². The zero-order valence-electron chi connectivity index (χ0n) is 9.07. The van der Waals surface area contributed by atoms with Crippen molar-refractivity contribution in [3.05, 3.63) is 56.2 Å². The van der Waals surface area contributed by atoms with Crippen LogP contribution in [0.15, 0.2) is 40.2 Å². The minimum Gasteiger partial charge on any atom is -0.152 e. The van der Waals surface area contributed by atoms with E-state index in [2.05, 4.69) is 59.3 Å². The zero-order chi connectivity index (χ0) is 11.4. The molecule has 0 aliphatic rings. The van der Waals surface area contributed by atoms with E-state index in [1.165, 1.54) is 19.8 Å². The molecule has 84 valence electrons. The topological polar surface area (TPSA) is 0 Å². The molecule has 3 heteroatoms. The van der Waals surface area contributed by atoms with Crippen molar-refractivity contribution < 1.29 is 0 Å². The summed E-state index contributed by atoms with van der Waals surface area (Å²) in [6, 6.07) is 13.0. The summed E-state index contributed by atoms with van der Waals surface area (Å²) in [5.41, 5.74) is 2.76. The smallest absolute Gasteiger partial charge is 0.0701 e. The number of rotatable bonds is 4. The number of benzene rings is 1. The Morgan fingerprint density at radius 2 is 2.06 bits per heavy atom. The van der Waals surface area contributed by atoms with Gasteiger partial charge in [-0.05, 0) is 40.5 Å². The van der Waals surface area contributed by atoms with Crippen molar-refractivity contribution in [1.29, 1.82) is 0 Å². The van der Waals surface area contributed by atoms with Gasteiger partial charge in [0, 0.05) is 16.4 Å². The van der Waals surface area contributed by atoms with Crippen LogP contribution in [0.5, 0.6) is 0 Å². The summed E-state index contributed by atoms with van der Waals surface area (Å²) in [6.07, 6.45) is 0. The molecular weight excluding hydrogens is 300 g/mol. The van der Waals surface area contributed by atoms with Gasteiger partial charge in [-0.15, -0.1) is 11.3 Å². The third-order valence-corrected chi connectivity index (χ3v) is 5.08. The van der Waals surface area contributed by atoms with Gasteiger partial charge in [-0.3, -0.25) is 0 Å². The van der Waals surface area contributed by atoms with Crippen LogP contribution in [0.1, 0.15) is 16.0 Å². The Hall–Kier alpha value is -0.250. The lowest BCUT2D eigenvalue weighted by Gasteiger charge is -2.01. The molecule has 1 aromatic heterocycles. The Bertz CT molecular complexity index is 462. The summed E-state index contributed by atoms with van der Waals surface area (Å²) >= 11 is 7.28. The standard InChI is InChI=1S/C13H13BrS2/c1-10-3-2-4-11(7-10)8-15-9-12-5-6-13(14)16-12/h2-7H,8-9H2,1H3. The molecule has 16 heavy (non-hydrogen) atoms. The van der Waals surface area contributed by atoms with E-state index < -0.39 is 0 Å². The van der Waals surface area contributed by atoms with Crippen LogP contribution in [-0.4, -0.2) is 0 Å². The van der Waals surface area contributed by atoms with Gasteiger partial charge in [0.15, 0.2) is 0 Å². The Balaban J connectivity index is 1.84. The Labute approximate surface area is 113 Å². The summed E-state index contributed by atoms with van der Waals surface area (Å²) in [7, 11) is 0. The number of thiophene rings is 1. The van der Waals surface area contributed by atoms with Gasteiger partial charge in [-0.1, -0.05) is 29.8 Å². The first-order chi connectivity index (χ1) is 7.74. The van der Waals surface area contributed by atoms with Crippen LogP contribution in [0.2, 0.25) is 0 Å². The highest BCUT2D eigenvalue weighted by Crippen LogP contribution is 2.27. The van der Waals surface area contributed by atoms with Crippen molar-refractivity contribution in [2.75, 3.05) is 0 Å². The van der Waals surface area contributed by atoms with E-state index in [1.54, 1.807) is 0 Å². The average Bonchev–Trinajstić information content (AvgIpc) is 2.64. The SMILES string of the molecule is Cc1cccc(CSCc2ccc(Br)s2)c1. The number of aryl methyl sites for hydroxylation is 1. The number of halogens is 1. The molecule has 1 heterocycles. The fourth-order valence-electron chi connectivity index (χ4n) is 1.50. The highest BCUT2D eigenvalue weighted by molar-refractivity contribution is 9.11. The Morgan fingerprint density at radius 3 is 2.75 bits per heavy atom. The molecule has 0 nitrogen and oxygen atoms in total. The maximum atomic E-state index is 3.49. The van der Waals surface area contributed by atoms with Crippen LogP contribution in [0.25, 0.3) is 0 Å². The van der Waals surface area contributed by atoms with E-state index in [4.69, 9.17) is 0 Å². The monoisotopic (exact) mass is 312 g/mol. The third-order valence-electron chi connectivity index (χ3n) is 2.22. The Morgan fingerprint density at radius 1 is 1.19 bits per heavy atom. The van der Waals surface area contributed by atoms with Crippen LogP contribution in [0.4, 0.5) is 0 Å². The van der Waals surface area contributed by atoms with Crippen molar-refractivity contribution in [3.63, 3.8) is 0 Å². The van der Waals surface area contributed by atoms with Crippen LogP contribution >= 0.6 is 39.0 Å². The van der Waals surface area contributed by atoms with Gasteiger partial charge in [0.1, 0.15) is 0 Å². The maximum absolute atomic E-state index is 3.49. The van der Waals surface area contributed by atoms with Gasteiger partial charge in [-0.25, -0.2) is 0 Å². The minimum absolute atomic E-state index is 1.09. The Kier molecular flexibility index (Phi) is 4.50. The molecule has 0 saturated heterocycles. The van der Waals surface area contributed by atoms with Crippen molar-refractivity contribution in [2.24, 2.45) is 0 Å². The second-order valence-electron chi connectivity index (χ2n) is 3.69. The van der Waals surface area contributed by atoms with Gasteiger partial charge in [-0.2, -0.15) is 11.8 Å². The lowest BCUT2D eigenvalue weighted by Crippen LogP contribution is -1.82. The van der Waals surface area contributed by atoms with Crippen molar-refractivity contribution in [3.8, 4) is 0 Å². The first-order valence-corrected chi connectivity index (χ1v) is 7.88. The molecule has 0 atom stereocenters. The highest BCUT2D eigenvalue weighted by atomic mass is 79.9. The lowest BCUT2D eigenvalue weighted by atomic mass is 10.2. The molecule has 0 bridgehead atoms. The van der Waals surface area contributed by atoms with E-state index in [9.17, 15) is 0 Å². The average molecular weight is 313 g/mol. The van der Waals surface area contributed by atoms with Crippen LogP contribution < -0.4 is 0 Å². The quantitative estimate of drug-likeness (QED) is 0.742. The van der Waals surface area contributed by atoms with E-state index >= 15 is 0 Å². The largest absolute Gasteiger partial charge is 0.152 e. The molecule has 0 aliphatic heterocycles. The molecule has 0 N–H and O–H groups in total. The molecule has 0 fully saturated rings. The normalized spacial score (nSPS) is 10.6. The van der Waals surface area contributed by atoms with Crippen molar-refractivity contribution in [2.45, 2.75) is 18.4 Å². The molecule has 2 rings (SSSR count). The molecule has 0 radical (unpaired) electrons. The van der Waals surface area contributed by atoms with Gasteiger partial charge in [0.2, 0.25) is 0 Å². The van der Waals surface area contributed by atoms with Gasteiger partial charge in [0.05, 0.1) is 3.79 Å². The fraction of sp³-hybridized carbons (Fsp3) is 0.231. The zero-order valence-corrected chi connectivity index (χ0v) is 12.3. The molecule has 0 amide bonds. The number of hydrogen-bond donors (Lipinski definition) is 0. The first-order valence-electron chi connectivity index (χ1n) is 5.11. The van der Waals surface area contributed by atoms with E-state index in [-0.39, 0.29) is 0 Å². The van der Waals surface area contributed by atoms with Crippen LogP contribution in [-0.2, 0) is 11.5 Å². The molecule has 0 unspecified atom stereocenters. The summed E-state index contributed by atoms with van der Waals surface area (Å²) in [5, 5.41) is 0. The summed E-state index contributed by atoms with van der Waals surface area (Å²) in [5.74, 6) is 2.20.